The summed E-state index contributed by atoms with van der Waals surface area (Å²) >= 11 is 12.0. The van der Waals surface area contributed by atoms with Gasteiger partial charge in [-0.1, -0.05) is 42.2 Å². The molecule has 0 N–H and O–H groups in total. The Kier molecular flexibility index (Phi) is 4.87. The first-order valence-electron chi connectivity index (χ1n) is 7.59. The van der Waals surface area contributed by atoms with Crippen molar-refractivity contribution < 1.29 is 4.52 Å². The molecule has 1 aromatic carbocycles. The summed E-state index contributed by atoms with van der Waals surface area (Å²) in [6.07, 6.45) is 3.15. The lowest BCUT2D eigenvalue weighted by atomic mass is 10.1. The van der Waals surface area contributed by atoms with Gasteiger partial charge in [-0.15, -0.1) is 0 Å². The Morgan fingerprint density at radius 1 is 1.29 bits per heavy atom. The Morgan fingerprint density at radius 3 is 2.83 bits per heavy atom. The van der Waals surface area contributed by atoms with E-state index in [1.54, 1.807) is 12.1 Å². The molecule has 24 heavy (non-hydrogen) atoms. The van der Waals surface area contributed by atoms with Crippen molar-refractivity contribution in [1.29, 1.82) is 0 Å². The summed E-state index contributed by atoms with van der Waals surface area (Å²) < 4.78 is 6.61. The quantitative estimate of drug-likeness (QED) is 0.687. The molecule has 0 aliphatic rings. The summed E-state index contributed by atoms with van der Waals surface area (Å²) in [7, 11) is 0. The number of benzene rings is 1. The van der Waals surface area contributed by atoms with Crippen molar-refractivity contribution in [2.45, 2.75) is 33.2 Å². The highest BCUT2D eigenvalue weighted by atomic mass is 35.5. The number of aryl methyl sites for hydroxylation is 1. The van der Waals surface area contributed by atoms with Crippen LogP contribution in [0.3, 0.4) is 0 Å². The second-order valence-electron chi connectivity index (χ2n) is 6.00. The monoisotopic (exact) mass is 366 g/mol. The number of hydrogen-bond acceptors (Lipinski definition) is 5. The fraction of sp³-hybridized carbons (Fsp3) is 0.375. The van der Waals surface area contributed by atoms with Crippen molar-refractivity contribution in [3.8, 4) is 0 Å². The molecule has 3 aromatic rings. The number of hydrogen-bond donors (Lipinski definition) is 0. The van der Waals surface area contributed by atoms with Crippen LogP contribution in [0.15, 0.2) is 27.8 Å². The van der Waals surface area contributed by atoms with E-state index < -0.39 is 0 Å². The zero-order valence-corrected chi connectivity index (χ0v) is 14.8. The van der Waals surface area contributed by atoms with Crippen molar-refractivity contribution in [3.63, 3.8) is 0 Å². The highest BCUT2D eigenvalue weighted by Crippen LogP contribution is 2.24. The van der Waals surface area contributed by atoms with E-state index in [0.29, 0.717) is 38.6 Å². The fourth-order valence-electron chi connectivity index (χ4n) is 2.33. The van der Waals surface area contributed by atoms with E-state index in [0.717, 1.165) is 12.8 Å². The Morgan fingerprint density at radius 2 is 2.08 bits per heavy atom. The maximum Gasteiger partial charge on any atom is 0.261 e. The molecule has 0 bridgehead atoms. The van der Waals surface area contributed by atoms with Crippen LogP contribution >= 0.6 is 23.2 Å². The minimum atomic E-state index is -0.258. The van der Waals surface area contributed by atoms with Crippen LogP contribution < -0.4 is 5.56 Å². The first kappa shape index (κ1) is 16.9. The summed E-state index contributed by atoms with van der Waals surface area (Å²) in [5.41, 5.74) is 0.164. The Labute approximate surface area is 148 Å². The summed E-state index contributed by atoms with van der Waals surface area (Å²) in [5, 5.41) is 5.03. The minimum absolute atomic E-state index is 0.153. The lowest BCUT2D eigenvalue weighted by Gasteiger charge is -2.05. The molecule has 2 heterocycles. The van der Waals surface area contributed by atoms with Gasteiger partial charge in [0.05, 0.1) is 22.3 Å². The van der Waals surface area contributed by atoms with Crippen LogP contribution in [0.25, 0.3) is 10.9 Å². The van der Waals surface area contributed by atoms with E-state index in [9.17, 15) is 4.79 Å². The normalized spacial score (nSPS) is 11.5. The molecule has 8 heteroatoms. The molecule has 0 radical (unpaired) electrons. The zero-order valence-electron chi connectivity index (χ0n) is 13.3. The van der Waals surface area contributed by atoms with Gasteiger partial charge in [0.1, 0.15) is 6.54 Å². The third kappa shape index (κ3) is 3.60. The zero-order chi connectivity index (χ0) is 17.3. The van der Waals surface area contributed by atoms with Crippen LogP contribution in [-0.4, -0.2) is 19.7 Å². The summed E-state index contributed by atoms with van der Waals surface area (Å²) in [5.74, 6) is 1.57. The van der Waals surface area contributed by atoms with Gasteiger partial charge in [-0.05, 0) is 24.5 Å². The van der Waals surface area contributed by atoms with Crippen LogP contribution in [-0.2, 0) is 13.0 Å². The molecule has 0 amide bonds. The highest BCUT2D eigenvalue weighted by molar-refractivity contribution is 6.38. The molecule has 0 aliphatic carbocycles. The van der Waals surface area contributed by atoms with E-state index in [-0.39, 0.29) is 12.1 Å². The Hall–Kier alpha value is -1.92. The van der Waals surface area contributed by atoms with Gasteiger partial charge < -0.3 is 4.52 Å². The fourth-order valence-corrected chi connectivity index (χ4v) is 2.87. The van der Waals surface area contributed by atoms with E-state index >= 15 is 0 Å². The van der Waals surface area contributed by atoms with Crippen LogP contribution in [0.1, 0.15) is 32.0 Å². The van der Waals surface area contributed by atoms with Crippen LogP contribution in [0.2, 0.25) is 10.0 Å². The smallest absolute Gasteiger partial charge is 0.261 e. The van der Waals surface area contributed by atoms with Gasteiger partial charge in [0.15, 0.2) is 5.82 Å². The molecule has 0 saturated heterocycles. The van der Waals surface area contributed by atoms with Gasteiger partial charge in [0.25, 0.3) is 5.56 Å². The largest absolute Gasteiger partial charge is 0.337 e. The number of aromatic nitrogens is 4. The van der Waals surface area contributed by atoms with E-state index in [2.05, 4.69) is 29.0 Å². The molecule has 0 fully saturated rings. The average molecular weight is 367 g/mol. The minimum Gasteiger partial charge on any atom is -0.337 e. The van der Waals surface area contributed by atoms with E-state index in [1.165, 1.54) is 10.9 Å². The van der Waals surface area contributed by atoms with Crippen molar-refractivity contribution in [1.82, 2.24) is 19.7 Å². The van der Waals surface area contributed by atoms with Gasteiger partial charge in [-0.25, -0.2) is 4.98 Å². The molecule has 3 rings (SSSR count). The maximum absolute atomic E-state index is 12.6. The van der Waals surface area contributed by atoms with Crippen LogP contribution in [0, 0.1) is 5.92 Å². The highest BCUT2D eigenvalue weighted by Gasteiger charge is 2.12. The van der Waals surface area contributed by atoms with Crippen molar-refractivity contribution in [2.75, 3.05) is 0 Å². The van der Waals surface area contributed by atoms with Crippen LogP contribution in [0.5, 0.6) is 0 Å². The van der Waals surface area contributed by atoms with E-state index in [1.807, 2.05) is 0 Å². The molecule has 6 nitrogen and oxygen atoms in total. The predicted octanol–water partition coefficient (Wildman–Crippen LogP) is 3.72. The predicted molar refractivity (Wildman–Crippen MR) is 92.6 cm³/mol. The average Bonchev–Trinajstić information content (AvgIpc) is 2.96. The number of rotatable bonds is 5. The molecular formula is C16H16Cl2N4O2. The molecule has 2 aromatic heterocycles. The summed E-state index contributed by atoms with van der Waals surface area (Å²) in [6.45, 7) is 4.43. The second-order valence-corrected chi connectivity index (χ2v) is 6.84. The SMILES string of the molecule is CC(C)CCc1noc(Cn2cnc3c(Cl)cc(Cl)cc3c2=O)n1. The van der Waals surface area contributed by atoms with Crippen molar-refractivity contribution in [2.24, 2.45) is 5.92 Å². The maximum atomic E-state index is 12.6. The first-order valence-corrected chi connectivity index (χ1v) is 8.35. The molecule has 0 unspecified atom stereocenters. The molecule has 0 atom stereocenters. The van der Waals surface area contributed by atoms with Gasteiger partial charge in [-0.3, -0.25) is 9.36 Å². The molecule has 126 valence electrons. The molecule has 0 spiro atoms. The summed E-state index contributed by atoms with van der Waals surface area (Å²) in [4.78, 5) is 21.1. The Balaban J connectivity index is 1.88. The number of halogens is 2. The van der Waals surface area contributed by atoms with Crippen molar-refractivity contribution >= 4 is 34.1 Å². The third-order valence-corrected chi connectivity index (χ3v) is 4.11. The van der Waals surface area contributed by atoms with Crippen molar-refractivity contribution in [3.05, 3.63) is 50.6 Å². The lowest BCUT2D eigenvalue weighted by molar-refractivity contribution is 0.363. The van der Waals surface area contributed by atoms with Gasteiger partial charge in [0.2, 0.25) is 5.89 Å². The van der Waals surface area contributed by atoms with Gasteiger partial charge in [0, 0.05) is 11.4 Å². The molecule has 0 saturated carbocycles. The van der Waals surface area contributed by atoms with Crippen LogP contribution in [0.4, 0.5) is 0 Å². The standard InChI is InChI=1S/C16H16Cl2N4O2/c1-9(2)3-4-13-20-14(24-21-13)7-22-8-19-15-11(16(22)23)5-10(17)6-12(15)18/h5-6,8-9H,3-4,7H2,1-2H3. The third-order valence-electron chi connectivity index (χ3n) is 3.61. The second kappa shape index (κ2) is 6.91. The van der Waals surface area contributed by atoms with E-state index in [4.69, 9.17) is 27.7 Å². The molecule has 0 aliphatic heterocycles. The summed E-state index contributed by atoms with van der Waals surface area (Å²) in [6, 6.07) is 3.11. The number of fused-ring (bicyclic) bond motifs is 1. The number of nitrogens with zero attached hydrogens (tertiary/aromatic N) is 4. The molecular weight excluding hydrogens is 351 g/mol. The topological polar surface area (TPSA) is 73.8 Å². The lowest BCUT2D eigenvalue weighted by Crippen LogP contribution is -2.21. The van der Waals surface area contributed by atoms with Gasteiger partial charge in [-0.2, -0.15) is 4.98 Å². The Bertz CT molecular complexity index is 933. The van der Waals surface area contributed by atoms with Gasteiger partial charge >= 0.3 is 0 Å². The first-order chi connectivity index (χ1) is 11.4.